The molecule has 0 saturated heterocycles. The number of amides is 1. The molecule has 3 N–H and O–H groups in total. The Kier molecular flexibility index (Phi) is 5.65. The quantitative estimate of drug-likeness (QED) is 0.377. The van der Waals surface area contributed by atoms with E-state index in [2.05, 4.69) is 62.3 Å². The van der Waals surface area contributed by atoms with Gasteiger partial charge in [-0.05, 0) is 90.9 Å². The monoisotopic (exact) mass is 476 g/mol. The second kappa shape index (κ2) is 8.21. The van der Waals surface area contributed by atoms with Gasteiger partial charge in [0.15, 0.2) is 5.69 Å². The van der Waals surface area contributed by atoms with Gasteiger partial charge in [-0.15, -0.1) is 0 Å². The number of benzene rings is 1. The number of carbonyl (C=O) groups excluding carboxylic acids is 1. The maximum atomic E-state index is 12.8. The smallest absolute Gasteiger partial charge is 0.291 e. The third-order valence-corrected chi connectivity index (χ3v) is 8.55. The predicted octanol–water partition coefficient (Wildman–Crippen LogP) is 5.94. The van der Waals surface area contributed by atoms with Crippen molar-refractivity contribution in [3.05, 3.63) is 46.3 Å². The summed E-state index contributed by atoms with van der Waals surface area (Å²) < 4.78 is 0. The largest absolute Gasteiger partial charge is 0.507 e. The summed E-state index contributed by atoms with van der Waals surface area (Å²) in [5, 5.41) is 22.7. The molecule has 6 rings (SSSR count). The van der Waals surface area contributed by atoms with Crippen LogP contribution in [0.5, 0.6) is 5.75 Å². The van der Waals surface area contributed by atoms with Crippen LogP contribution in [-0.4, -0.2) is 27.4 Å². The Morgan fingerprint density at radius 1 is 1.00 bits per heavy atom. The third kappa shape index (κ3) is 4.52. The van der Waals surface area contributed by atoms with E-state index in [-0.39, 0.29) is 22.2 Å². The van der Waals surface area contributed by atoms with E-state index in [1.807, 2.05) is 18.2 Å². The van der Waals surface area contributed by atoms with Crippen molar-refractivity contribution in [1.29, 1.82) is 0 Å². The minimum atomic E-state index is -0.306. The number of aromatic nitrogens is 2. The molecule has 0 unspecified atom stereocenters. The fourth-order valence-corrected chi connectivity index (χ4v) is 7.25. The molecular formula is C29H40N4O2. The second-order valence-corrected chi connectivity index (χ2v) is 13.5. The van der Waals surface area contributed by atoms with Crippen LogP contribution < -0.4 is 5.43 Å². The van der Waals surface area contributed by atoms with Crippen LogP contribution in [0.2, 0.25) is 0 Å². The Morgan fingerprint density at radius 3 is 2.00 bits per heavy atom. The molecule has 0 radical (unpaired) electrons. The van der Waals surface area contributed by atoms with Crippen LogP contribution in [-0.2, 0) is 16.2 Å². The number of rotatable bonds is 4. The van der Waals surface area contributed by atoms with Crippen molar-refractivity contribution in [2.75, 3.05) is 0 Å². The summed E-state index contributed by atoms with van der Waals surface area (Å²) in [5.74, 6) is 2.55. The molecule has 4 bridgehead atoms. The average Bonchev–Trinajstić information content (AvgIpc) is 3.23. The summed E-state index contributed by atoms with van der Waals surface area (Å²) in [6, 6.07) is 5.84. The SMILES string of the molecule is CC(C)(C)c1cc(/C=N/NC(=O)c2cc(C34CC5CC(CC(C5)C3)C4)[nH]n2)cc(C(C)(C)C)c1O. The summed E-state index contributed by atoms with van der Waals surface area (Å²) >= 11 is 0. The van der Waals surface area contributed by atoms with Crippen molar-refractivity contribution in [2.24, 2.45) is 22.9 Å². The van der Waals surface area contributed by atoms with E-state index < -0.39 is 0 Å². The first-order chi connectivity index (χ1) is 16.3. The van der Waals surface area contributed by atoms with Crippen LogP contribution in [0.1, 0.15) is 113 Å². The highest BCUT2D eigenvalue weighted by molar-refractivity contribution is 5.93. The number of nitrogens with zero attached hydrogens (tertiary/aromatic N) is 2. The Balaban J connectivity index is 1.32. The Hall–Kier alpha value is -2.63. The van der Waals surface area contributed by atoms with Crippen LogP contribution in [0, 0.1) is 17.8 Å². The number of nitrogens with one attached hydrogen (secondary N) is 2. The highest BCUT2D eigenvalue weighted by Crippen LogP contribution is 2.60. The summed E-state index contributed by atoms with van der Waals surface area (Å²) in [6.45, 7) is 12.5. The maximum Gasteiger partial charge on any atom is 0.291 e. The molecule has 4 fully saturated rings. The first-order valence-electron chi connectivity index (χ1n) is 13.1. The van der Waals surface area contributed by atoms with Crippen molar-refractivity contribution >= 4 is 12.1 Å². The zero-order valence-corrected chi connectivity index (χ0v) is 22.0. The van der Waals surface area contributed by atoms with Gasteiger partial charge in [0.2, 0.25) is 0 Å². The number of hydrogen-bond acceptors (Lipinski definition) is 4. The number of hydrogen-bond donors (Lipinski definition) is 3. The highest BCUT2D eigenvalue weighted by Gasteiger charge is 2.52. The molecule has 1 aromatic carbocycles. The minimum absolute atomic E-state index is 0.183. The summed E-state index contributed by atoms with van der Waals surface area (Å²) in [4.78, 5) is 12.8. The molecule has 4 saturated carbocycles. The molecule has 4 aliphatic carbocycles. The molecule has 6 nitrogen and oxygen atoms in total. The number of H-pyrrole nitrogens is 1. The van der Waals surface area contributed by atoms with Crippen molar-refractivity contribution in [3.8, 4) is 5.75 Å². The Labute approximate surface area is 209 Å². The zero-order valence-electron chi connectivity index (χ0n) is 22.0. The number of aromatic amines is 1. The predicted molar refractivity (Wildman–Crippen MR) is 139 cm³/mol. The number of carbonyl (C=O) groups is 1. The van der Waals surface area contributed by atoms with Crippen molar-refractivity contribution in [2.45, 2.75) is 96.3 Å². The van der Waals surface area contributed by atoms with Gasteiger partial charge in [0.25, 0.3) is 5.91 Å². The Morgan fingerprint density at radius 2 is 1.51 bits per heavy atom. The maximum absolute atomic E-state index is 12.8. The molecule has 188 valence electrons. The van der Waals surface area contributed by atoms with Crippen molar-refractivity contribution in [3.63, 3.8) is 0 Å². The molecule has 0 aliphatic heterocycles. The van der Waals surface area contributed by atoms with Gasteiger partial charge in [0, 0.05) is 22.2 Å². The number of phenolic OH excluding ortho intramolecular Hbond substituents is 1. The van der Waals surface area contributed by atoms with Gasteiger partial charge in [0.05, 0.1) is 6.21 Å². The van der Waals surface area contributed by atoms with E-state index in [4.69, 9.17) is 0 Å². The van der Waals surface area contributed by atoms with E-state index in [9.17, 15) is 9.90 Å². The van der Waals surface area contributed by atoms with E-state index in [1.54, 1.807) is 6.21 Å². The fourth-order valence-electron chi connectivity index (χ4n) is 7.25. The Bertz CT molecular complexity index is 1090. The molecule has 35 heavy (non-hydrogen) atoms. The lowest BCUT2D eigenvalue weighted by Crippen LogP contribution is -2.48. The highest BCUT2D eigenvalue weighted by atomic mass is 16.3. The molecule has 0 atom stereocenters. The van der Waals surface area contributed by atoms with E-state index in [0.29, 0.717) is 11.4 Å². The van der Waals surface area contributed by atoms with Crippen LogP contribution in [0.3, 0.4) is 0 Å². The van der Waals surface area contributed by atoms with Gasteiger partial charge in [-0.1, -0.05) is 41.5 Å². The van der Waals surface area contributed by atoms with E-state index in [0.717, 1.165) is 40.1 Å². The standard InChI is InChI=1S/C29H40N4O2/c1-27(2,3)21-10-20(11-22(25(21)34)28(4,5)6)16-30-33-26(35)23-12-24(32-31-23)29-13-17-7-18(14-29)9-19(8-17)15-29/h10-12,16-19,34H,7-9,13-15H2,1-6H3,(H,31,32)(H,33,35)/b30-16+. The van der Waals surface area contributed by atoms with E-state index in [1.165, 1.54) is 38.5 Å². The van der Waals surface area contributed by atoms with Gasteiger partial charge in [-0.3, -0.25) is 9.89 Å². The number of hydrazone groups is 1. The van der Waals surface area contributed by atoms with Crippen LogP contribution >= 0.6 is 0 Å². The van der Waals surface area contributed by atoms with Gasteiger partial charge in [0.1, 0.15) is 5.75 Å². The fraction of sp³-hybridized carbons (Fsp3) is 0.621. The summed E-state index contributed by atoms with van der Waals surface area (Å²) in [5.41, 5.74) is 6.49. The molecule has 4 aliphatic rings. The third-order valence-electron chi connectivity index (χ3n) is 8.55. The molecular weight excluding hydrogens is 436 g/mol. The normalized spacial score (nSPS) is 28.1. The van der Waals surface area contributed by atoms with Crippen LogP contribution in [0.25, 0.3) is 0 Å². The van der Waals surface area contributed by atoms with Crippen molar-refractivity contribution in [1.82, 2.24) is 15.6 Å². The summed E-state index contributed by atoms with van der Waals surface area (Å²) in [7, 11) is 0. The lowest BCUT2D eigenvalue weighted by atomic mass is 9.49. The minimum Gasteiger partial charge on any atom is -0.507 e. The zero-order chi connectivity index (χ0) is 25.2. The van der Waals surface area contributed by atoms with Gasteiger partial charge in [-0.2, -0.15) is 10.2 Å². The first kappa shape index (κ1) is 24.1. The number of phenols is 1. The van der Waals surface area contributed by atoms with Crippen LogP contribution in [0.4, 0.5) is 0 Å². The first-order valence-corrected chi connectivity index (χ1v) is 13.1. The summed E-state index contributed by atoms with van der Waals surface area (Å²) in [6.07, 6.45) is 9.50. The van der Waals surface area contributed by atoms with Crippen molar-refractivity contribution < 1.29 is 9.90 Å². The molecule has 1 aromatic heterocycles. The van der Waals surface area contributed by atoms with Gasteiger partial charge in [-0.25, -0.2) is 5.43 Å². The topological polar surface area (TPSA) is 90.4 Å². The molecule has 0 spiro atoms. The average molecular weight is 477 g/mol. The molecule has 2 aromatic rings. The lowest BCUT2D eigenvalue weighted by Gasteiger charge is -2.56. The molecule has 6 heteroatoms. The second-order valence-electron chi connectivity index (χ2n) is 13.5. The van der Waals surface area contributed by atoms with Crippen LogP contribution in [0.15, 0.2) is 23.3 Å². The lowest BCUT2D eigenvalue weighted by molar-refractivity contribution is -0.00721. The van der Waals surface area contributed by atoms with Gasteiger partial charge >= 0.3 is 0 Å². The molecule has 1 amide bonds. The van der Waals surface area contributed by atoms with E-state index >= 15 is 0 Å². The van der Waals surface area contributed by atoms with Gasteiger partial charge < -0.3 is 5.11 Å². The number of aromatic hydroxyl groups is 1. The molecule has 1 heterocycles.